The second kappa shape index (κ2) is 13.8. The topological polar surface area (TPSA) is 105 Å². The van der Waals surface area contributed by atoms with Gasteiger partial charge in [0.1, 0.15) is 6.04 Å². The number of carbonyl (C=O) groups is 3. The molecule has 3 rings (SSSR count). The zero-order valence-electron chi connectivity index (χ0n) is 22.4. The molecule has 0 unspecified atom stereocenters. The van der Waals surface area contributed by atoms with Gasteiger partial charge in [0.05, 0.1) is 0 Å². The van der Waals surface area contributed by atoms with Gasteiger partial charge in [-0.3, -0.25) is 14.4 Å². The fourth-order valence-electron chi connectivity index (χ4n) is 5.15. The van der Waals surface area contributed by atoms with Crippen LogP contribution in [0.4, 0.5) is 11.4 Å². The highest BCUT2D eigenvalue weighted by atomic mass is 16.2. The summed E-state index contributed by atoms with van der Waals surface area (Å²) in [6.07, 6.45) is 4.23. The number of nitrogens with one attached hydrogen (secondary N) is 2. The van der Waals surface area contributed by atoms with Crippen molar-refractivity contribution in [3.05, 3.63) is 60.2 Å². The van der Waals surface area contributed by atoms with E-state index in [2.05, 4.69) is 16.7 Å². The third-order valence-corrected chi connectivity index (χ3v) is 6.97. The maximum atomic E-state index is 13.5. The average molecular weight is 507 g/mol. The third-order valence-electron chi connectivity index (χ3n) is 6.97. The molecule has 1 aliphatic rings. The maximum absolute atomic E-state index is 13.5. The van der Waals surface area contributed by atoms with Crippen molar-refractivity contribution in [3.63, 3.8) is 0 Å². The first-order valence-electron chi connectivity index (χ1n) is 13.6. The highest BCUT2D eigenvalue weighted by Crippen LogP contribution is 2.26. The molecule has 0 aliphatic carbocycles. The number of nitrogens with two attached hydrogens (primary N) is 1. The summed E-state index contributed by atoms with van der Waals surface area (Å²) >= 11 is 0. The van der Waals surface area contributed by atoms with Gasteiger partial charge in [-0.2, -0.15) is 0 Å². The van der Waals surface area contributed by atoms with Gasteiger partial charge in [-0.05, 0) is 67.9 Å². The Morgan fingerprint density at radius 2 is 1.76 bits per heavy atom. The lowest BCUT2D eigenvalue weighted by Gasteiger charge is -2.29. The summed E-state index contributed by atoms with van der Waals surface area (Å²) in [5.41, 5.74) is 8.68. The van der Waals surface area contributed by atoms with Crippen molar-refractivity contribution in [1.29, 1.82) is 0 Å². The van der Waals surface area contributed by atoms with Crippen LogP contribution in [-0.4, -0.2) is 35.2 Å². The molecule has 37 heavy (non-hydrogen) atoms. The molecule has 1 aliphatic heterocycles. The number of hydrogen-bond acceptors (Lipinski definition) is 4. The van der Waals surface area contributed by atoms with Gasteiger partial charge in [0.25, 0.3) is 0 Å². The number of carbonyl (C=O) groups excluding carboxylic acids is 3. The van der Waals surface area contributed by atoms with E-state index in [1.54, 1.807) is 0 Å². The first-order valence-corrected chi connectivity index (χ1v) is 13.6. The van der Waals surface area contributed by atoms with Crippen LogP contribution in [0.15, 0.2) is 54.6 Å². The minimum absolute atomic E-state index is 0.0679. The van der Waals surface area contributed by atoms with Crippen LogP contribution >= 0.6 is 0 Å². The highest BCUT2D eigenvalue weighted by Gasteiger charge is 2.35. The number of hydrogen-bond donors (Lipinski definition) is 3. The van der Waals surface area contributed by atoms with Gasteiger partial charge < -0.3 is 21.3 Å². The molecule has 2 aromatic rings. The number of nitrogens with zero attached hydrogens (tertiary/aromatic N) is 1. The Morgan fingerprint density at radius 3 is 2.43 bits per heavy atom. The Balaban J connectivity index is 1.71. The molecule has 0 aromatic heterocycles. The lowest BCUT2D eigenvalue weighted by atomic mass is 9.81. The molecule has 3 amide bonds. The molecule has 1 saturated heterocycles. The smallest absolute Gasteiger partial charge is 0.245 e. The van der Waals surface area contributed by atoms with Crippen LogP contribution in [0, 0.1) is 17.8 Å². The summed E-state index contributed by atoms with van der Waals surface area (Å²) in [7, 11) is 0. The molecule has 0 radical (unpaired) electrons. The zero-order valence-corrected chi connectivity index (χ0v) is 22.4. The molecule has 1 fully saturated rings. The second-order valence-electron chi connectivity index (χ2n) is 10.5. The molecule has 3 atom stereocenters. The number of para-hydroxylation sites is 1. The first-order chi connectivity index (χ1) is 17.8. The van der Waals surface area contributed by atoms with Crippen LogP contribution < -0.4 is 16.4 Å². The summed E-state index contributed by atoms with van der Waals surface area (Å²) in [6.45, 7) is 7.17. The number of amides is 3. The first kappa shape index (κ1) is 28.2. The number of likely N-dealkylation sites (tertiary alicyclic amines) is 1. The molecular weight excluding hydrogens is 464 g/mol. The van der Waals surface area contributed by atoms with Crippen molar-refractivity contribution in [2.24, 2.45) is 23.5 Å². The van der Waals surface area contributed by atoms with Gasteiger partial charge >= 0.3 is 0 Å². The van der Waals surface area contributed by atoms with Crippen LogP contribution in [-0.2, 0) is 20.9 Å². The number of benzene rings is 2. The van der Waals surface area contributed by atoms with Gasteiger partial charge in [-0.25, -0.2) is 0 Å². The molecule has 200 valence electrons. The van der Waals surface area contributed by atoms with E-state index in [9.17, 15) is 14.4 Å². The number of primary amides is 1. The standard InChI is InChI=1S/C30H42N4O3/c1-4-11-25(28(31)35)26(18-21(2)3)29(36)33-27-16-8-9-17-34(30(27)37)20-22-12-10-15-24(19-22)32-23-13-6-5-7-14-23/h5-7,10,12-15,19,21,25-27,32H,4,8-9,11,16-18,20H2,1-3H3,(H2,31,35)(H,33,36)/t25-,26+,27-/m0/s1. The lowest BCUT2D eigenvalue weighted by Crippen LogP contribution is -2.50. The summed E-state index contributed by atoms with van der Waals surface area (Å²) in [5.74, 6) is -1.57. The predicted molar refractivity (Wildman–Crippen MR) is 148 cm³/mol. The minimum atomic E-state index is -0.592. The monoisotopic (exact) mass is 506 g/mol. The molecule has 7 nitrogen and oxygen atoms in total. The largest absolute Gasteiger partial charge is 0.369 e. The average Bonchev–Trinajstić information content (AvgIpc) is 3.03. The number of anilines is 2. The van der Waals surface area contributed by atoms with Crippen LogP contribution in [0.3, 0.4) is 0 Å². The van der Waals surface area contributed by atoms with Crippen LogP contribution in [0.25, 0.3) is 0 Å². The number of rotatable bonds is 12. The Bertz CT molecular complexity index is 1040. The zero-order chi connectivity index (χ0) is 26.8. The third kappa shape index (κ3) is 8.34. The van der Waals surface area contributed by atoms with Gasteiger partial charge in [-0.1, -0.05) is 57.5 Å². The molecule has 0 bridgehead atoms. The van der Waals surface area contributed by atoms with E-state index >= 15 is 0 Å². The van der Waals surface area contributed by atoms with E-state index in [1.165, 1.54) is 0 Å². The predicted octanol–water partition coefficient (Wildman–Crippen LogP) is 4.99. The lowest BCUT2D eigenvalue weighted by molar-refractivity contribution is -0.139. The fraction of sp³-hybridized carbons (Fsp3) is 0.500. The van der Waals surface area contributed by atoms with E-state index in [-0.39, 0.29) is 17.7 Å². The van der Waals surface area contributed by atoms with Crippen LogP contribution in [0.5, 0.6) is 0 Å². The Kier molecular flexibility index (Phi) is 10.5. The normalized spacial score (nSPS) is 17.7. The highest BCUT2D eigenvalue weighted by molar-refractivity contribution is 5.91. The van der Waals surface area contributed by atoms with Gasteiger partial charge in [0, 0.05) is 36.3 Å². The SMILES string of the molecule is CCC[C@H](C(N)=O)[C@@H](CC(C)C)C(=O)N[C@H]1CCCCN(Cc2cccc(Nc3ccccc3)c2)C1=O. The molecular formula is C30H42N4O3. The Labute approximate surface area is 221 Å². The molecule has 7 heteroatoms. The van der Waals surface area contributed by atoms with Crippen molar-refractivity contribution < 1.29 is 14.4 Å². The summed E-state index contributed by atoms with van der Waals surface area (Å²) < 4.78 is 0. The minimum Gasteiger partial charge on any atom is -0.369 e. The van der Waals surface area contributed by atoms with Crippen molar-refractivity contribution in [3.8, 4) is 0 Å². The van der Waals surface area contributed by atoms with Crippen molar-refractivity contribution >= 4 is 29.1 Å². The molecule has 1 heterocycles. The molecule has 4 N–H and O–H groups in total. The van der Waals surface area contributed by atoms with Gasteiger partial charge in [0.15, 0.2) is 0 Å². The van der Waals surface area contributed by atoms with Crippen LogP contribution in [0.2, 0.25) is 0 Å². The fourth-order valence-corrected chi connectivity index (χ4v) is 5.15. The van der Waals surface area contributed by atoms with Crippen molar-refractivity contribution in [2.75, 3.05) is 11.9 Å². The van der Waals surface area contributed by atoms with Gasteiger partial charge in [0.2, 0.25) is 17.7 Å². The van der Waals surface area contributed by atoms with E-state index in [0.717, 1.165) is 36.2 Å². The molecule has 0 spiro atoms. The summed E-state index contributed by atoms with van der Waals surface area (Å²) in [6, 6.07) is 17.4. The summed E-state index contributed by atoms with van der Waals surface area (Å²) in [4.78, 5) is 41.0. The van der Waals surface area contributed by atoms with Gasteiger partial charge in [-0.15, -0.1) is 0 Å². The van der Waals surface area contributed by atoms with Crippen LogP contribution in [0.1, 0.15) is 64.9 Å². The Hall–Kier alpha value is -3.35. The van der Waals surface area contributed by atoms with E-state index in [0.29, 0.717) is 32.4 Å². The quantitative estimate of drug-likeness (QED) is 0.377. The molecule has 0 saturated carbocycles. The summed E-state index contributed by atoms with van der Waals surface area (Å²) in [5, 5.41) is 6.42. The second-order valence-corrected chi connectivity index (χ2v) is 10.5. The van der Waals surface area contributed by atoms with E-state index in [1.807, 2.05) is 74.2 Å². The molecule has 2 aromatic carbocycles. The maximum Gasteiger partial charge on any atom is 0.245 e. The Morgan fingerprint density at radius 1 is 1.03 bits per heavy atom. The van der Waals surface area contributed by atoms with Crippen molar-refractivity contribution in [2.45, 2.75) is 71.9 Å². The van der Waals surface area contributed by atoms with E-state index in [4.69, 9.17) is 5.73 Å². The van der Waals surface area contributed by atoms with E-state index < -0.39 is 23.8 Å². The van der Waals surface area contributed by atoms with Crippen molar-refractivity contribution in [1.82, 2.24) is 10.2 Å².